The predicted octanol–water partition coefficient (Wildman–Crippen LogP) is 10.4. The predicted molar refractivity (Wildman–Crippen MR) is 248 cm³/mol. The molecule has 0 saturated carbocycles. The molecular formula is C56H42O12. The van der Waals surface area contributed by atoms with E-state index in [4.69, 9.17) is 9.47 Å². The van der Waals surface area contributed by atoms with Crippen molar-refractivity contribution in [1.29, 1.82) is 0 Å². The number of phenolic OH excluding ortho intramolecular Hbond substituents is 10. The van der Waals surface area contributed by atoms with Crippen molar-refractivity contribution in [2.24, 2.45) is 0 Å². The molecule has 0 aromatic heterocycles. The Morgan fingerprint density at radius 2 is 0.559 bits per heavy atom. The van der Waals surface area contributed by atoms with Crippen LogP contribution in [0.2, 0.25) is 0 Å². The minimum atomic E-state index is -0.918. The van der Waals surface area contributed by atoms with Gasteiger partial charge in [0.2, 0.25) is 0 Å². The van der Waals surface area contributed by atoms with Gasteiger partial charge in [-0.25, -0.2) is 0 Å². The highest BCUT2D eigenvalue weighted by Gasteiger charge is 2.55. The molecule has 12 nitrogen and oxygen atoms in total. The summed E-state index contributed by atoms with van der Waals surface area (Å²) in [6.07, 6.45) is -1.62. The number of hydrogen-bond acceptors (Lipinski definition) is 12. The summed E-state index contributed by atoms with van der Waals surface area (Å²) in [6.45, 7) is 0. The molecule has 8 atom stereocenters. The van der Waals surface area contributed by atoms with Crippen LogP contribution >= 0.6 is 0 Å². The van der Waals surface area contributed by atoms with Gasteiger partial charge in [-0.05, 0) is 117 Å². The van der Waals surface area contributed by atoms with Gasteiger partial charge < -0.3 is 60.5 Å². The van der Waals surface area contributed by atoms with Crippen molar-refractivity contribution in [3.05, 3.63) is 212 Å². The molecule has 2 aliphatic heterocycles. The average Bonchev–Trinajstić information content (AvgIpc) is 3.81. The Hall–Kier alpha value is -8.64. The lowest BCUT2D eigenvalue weighted by Crippen LogP contribution is -2.26. The first-order chi connectivity index (χ1) is 32.8. The standard InChI is InChI=1S/C56H42O12/c57-29-9-1-25(2-10-29)45-47-37(17-33(61)21-41(47)65)53-49-39(19-35(63)23-43(49)67-55(53)27-5-13-31(59)14-6-27)51(45)52-40-20-36(64)24-44-50(40)54(56(68-44)28-7-15-32(60)16-8-28)38-18-34(62)22-42(66)48(38)46(52)26-3-11-30(58)12-4-26/h1-24,45-46,51-66H/t45-,46-,51-,52+,53-,54-,55-,56-/m1/s1. The molecular weight excluding hydrogens is 865 g/mol. The number of hydrogen-bond donors (Lipinski definition) is 10. The summed E-state index contributed by atoms with van der Waals surface area (Å²) in [5.41, 5.74) is 6.75. The van der Waals surface area contributed by atoms with Gasteiger partial charge >= 0.3 is 0 Å². The molecule has 0 spiro atoms. The van der Waals surface area contributed by atoms with E-state index in [0.29, 0.717) is 78.3 Å². The highest BCUT2D eigenvalue weighted by molar-refractivity contribution is 5.71. The van der Waals surface area contributed by atoms with E-state index in [-0.39, 0.29) is 57.5 Å². The average molecular weight is 907 g/mol. The van der Waals surface area contributed by atoms with Gasteiger partial charge in [0.25, 0.3) is 0 Å². The third-order valence-corrected chi connectivity index (χ3v) is 14.5. The fraction of sp³-hybridized carbons (Fsp3) is 0.143. The van der Waals surface area contributed by atoms with Gasteiger partial charge in [0, 0.05) is 70.2 Å². The molecule has 8 aromatic rings. The van der Waals surface area contributed by atoms with Crippen LogP contribution in [0.1, 0.15) is 114 Å². The second kappa shape index (κ2) is 14.9. The van der Waals surface area contributed by atoms with Gasteiger partial charge in [-0.2, -0.15) is 0 Å². The van der Waals surface area contributed by atoms with Gasteiger partial charge in [-0.1, -0.05) is 48.5 Å². The van der Waals surface area contributed by atoms with E-state index < -0.39 is 47.7 Å². The van der Waals surface area contributed by atoms with Crippen LogP contribution in [0.5, 0.6) is 69.0 Å². The largest absolute Gasteiger partial charge is 0.508 e. The lowest BCUT2D eigenvalue weighted by atomic mass is 9.62. The number of aromatic hydroxyl groups is 10. The monoisotopic (exact) mass is 906 g/mol. The summed E-state index contributed by atoms with van der Waals surface area (Å²) in [7, 11) is 0. The zero-order valence-electron chi connectivity index (χ0n) is 35.8. The van der Waals surface area contributed by atoms with Crippen LogP contribution in [0.25, 0.3) is 0 Å². The maximum Gasteiger partial charge on any atom is 0.135 e. The highest BCUT2D eigenvalue weighted by Crippen LogP contribution is 2.69. The molecule has 8 aromatic carbocycles. The quantitative estimate of drug-likeness (QED) is 0.0780. The number of rotatable bonds is 5. The lowest BCUT2D eigenvalue weighted by Gasteiger charge is -2.40. The van der Waals surface area contributed by atoms with Crippen molar-refractivity contribution in [2.75, 3.05) is 0 Å². The molecule has 0 bridgehead atoms. The normalized spacial score (nSPS) is 22.6. The highest BCUT2D eigenvalue weighted by atomic mass is 16.5. The molecule has 338 valence electrons. The van der Waals surface area contributed by atoms with Gasteiger partial charge in [-0.15, -0.1) is 0 Å². The molecule has 0 amide bonds. The van der Waals surface area contributed by atoms with Crippen molar-refractivity contribution in [3.8, 4) is 69.0 Å². The lowest BCUT2D eigenvalue weighted by molar-refractivity contribution is 0.221. The first-order valence-corrected chi connectivity index (χ1v) is 22.2. The number of ether oxygens (including phenoxy) is 2. The van der Waals surface area contributed by atoms with Crippen molar-refractivity contribution in [2.45, 2.75) is 47.7 Å². The maximum absolute atomic E-state index is 12.5. The second-order valence-electron chi connectivity index (χ2n) is 18.2. The Morgan fingerprint density at radius 3 is 0.897 bits per heavy atom. The van der Waals surface area contributed by atoms with Crippen LogP contribution in [0.3, 0.4) is 0 Å². The van der Waals surface area contributed by atoms with Crippen LogP contribution in [0.4, 0.5) is 0 Å². The van der Waals surface area contributed by atoms with Crippen LogP contribution in [-0.2, 0) is 0 Å². The Labute approximate surface area is 388 Å². The summed E-state index contributed by atoms with van der Waals surface area (Å²) < 4.78 is 13.7. The van der Waals surface area contributed by atoms with E-state index in [0.717, 1.165) is 0 Å². The van der Waals surface area contributed by atoms with E-state index in [2.05, 4.69) is 0 Å². The Kier molecular flexibility index (Phi) is 8.97. The molecule has 0 saturated heterocycles. The maximum atomic E-state index is 12.5. The van der Waals surface area contributed by atoms with Gasteiger partial charge in [-0.3, -0.25) is 0 Å². The first kappa shape index (κ1) is 40.8. The third-order valence-electron chi connectivity index (χ3n) is 14.5. The fourth-order valence-electron chi connectivity index (χ4n) is 12.0. The Morgan fingerprint density at radius 1 is 0.265 bits per heavy atom. The van der Waals surface area contributed by atoms with E-state index in [9.17, 15) is 51.1 Å². The minimum Gasteiger partial charge on any atom is -0.508 e. The van der Waals surface area contributed by atoms with E-state index in [1.807, 2.05) is 0 Å². The second-order valence-corrected chi connectivity index (χ2v) is 18.2. The van der Waals surface area contributed by atoms with Crippen LogP contribution < -0.4 is 9.47 Å². The molecule has 2 aliphatic carbocycles. The SMILES string of the molecule is Oc1ccc([C@@H]2c3c(O)cc(O)cc3[C@@H]3c4c(cc(O)cc4[C@H]2[C@H]2c4cc(O)cc5c4[C@@H](c4cc(O)cc(O)c4[C@H]2c2ccc(O)cc2)[C@@H](c2ccc(O)cc2)O5)O[C@@H]3c2ccc(O)cc2)cc1. The van der Waals surface area contributed by atoms with Gasteiger partial charge in [0.15, 0.2) is 0 Å². The summed E-state index contributed by atoms with van der Waals surface area (Å²) in [5, 5.41) is 114. The number of benzene rings is 8. The van der Waals surface area contributed by atoms with Crippen LogP contribution in [-0.4, -0.2) is 51.1 Å². The van der Waals surface area contributed by atoms with Crippen molar-refractivity contribution >= 4 is 0 Å². The van der Waals surface area contributed by atoms with Crippen LogP contribution in [0.15, 0.2) is 146 Å². The van der Waals surface area contributed by atoms with Crippen molar-refractivity contribution < 1.29 is 60.5 Å². The van der Waals surface area contributed by atoms with E-state index >= 15 is 0 Å². The number of phenols is 10. The molecule has 10 N–H and O–H groups in total. The van der Waals surface area contributed by atoms with Crippen molar-refractivity contribution in [3.63, 3.8) is 0 Å². The smallest absolute Gasteiger partial charge is 0.135 e. The van der Waals surface area contributed by atoms with E-state index in [1.54, 1.807) is 121 Å². The molecule has 0 fully saturated rings. The Balaban J connectivity index is 1.25. The zero-order valence-corrected chi connectivity index (χ0v) is 35.8. The summed E-state index contributed by atoms with van der Waals surface area (Å²) >= 11 is 0. The summed E-state index contributed by atoms with van der Waals surface area (Å²) in [6, 6.07) is 38.4. The first-order valence-electron chi connectivity index (χ1n) is 22.2. The minimum absolute atomic E-state index is 0.0182. The van der Waals surface area contributed by atoms with Crippen molar-refractivity contribution in [1.82, 2.24) is 0 Å². The molecule has 2 heterocycles. The zero-order chi connectivity index (χ0) is 46.9. The molecule has 4 aliphatic rings. The van der Waals surface area contributed by atoms with Gasteiger partial charge in [0.1, 0.15) is 81.2 Å². The molecule has 0 radical (unpaired) electrons. The van der Waals surface area contributed by atoms with Crippen LogP contribution in [0, 0.1) is 0 Å². The summed E-state index contributed by atoms with van der Waals surface area (Å²) in [5.74, 6) is -5.69. The van der Waals surface area contributed by atoms with E-state index in [1.165, 1.54) is 24.3 Å². The fourth-order valence-corrected chi connectivity index (χ4v) is 12.0. The molecule has 12 heteroatoms. The van der Waals surface area contributed by atoms with Gasteiger partial charge in [0.05, 0.1) is 11.8 Å². The molecule has 0 unspecified atom stereocenters. The molecule has 68 heavy (non-hydrogen) atoms. The Bertz CT molecular complexity index is 3110. The topological polar surface area (TPSA) is 221 Å². The summed E-state index contributed by atoms with van der Waals surface area (Å²) in [4.78, 5) is 0. The third kappa shape index (κ3) is 6.20. The number of fused-ring (bicyclic) bond motifs is 4. The molecule has 12 rings (SSSR count).